The number of benzene rings is 3. The predicted octanol–water partition coefficient (Wildman–Crippen LogP) is 5.38. The lowest BCUT2D eigenvalue weighted by molar-refractivity contribution is -0.137. The van der Waals surface area contributed by atoms with Gasteiger partial charge < -0.3 is 14.8 Å². The zero-order chi connectivity index (χ0) is 21.3. The molecule has 7 heteroatoms. The maximum absolute atomic E-state index is 13.0. The Balaban J connectivity index is 1.76. The Morgan fingerprint density at radius 3 is 2.50 bits per heavy atom. The fraction of sp³-hybridized carbons (Fsp3) is 0.174. The minimum absolute atomic E-state index is 0.157. The first kappa shape index (κ1) is 20.0. The normalized spacial score (nSPS) is 14.8. The fourth-order valence-electron chi connectivity index (χ4n) is 3.45. The Labute approximate surface area is 170 Å². The van der Waals surface area contributed by atoms with Gasteiger partial charge in [-0.2, -0.15) is 13.2 Å². The summed E-state index contributed by atoms with van der Waals surface area (Å²) in [6.07, 6.45) is -2.78. The number of amides is 1. The van der Waals surface area contributed by atoms with E-state index in [2.05, 4.69) is 5.32 Å². The highest BCUT2D eigenvalue weighted by Crippen LogP contribution is 2.39. The molecular weight excluding hydrogens is 395 g/mol. The molecule has 0 radical (unpaired) electrons. The van der Waals surface area contributed by atoms with Crippen LogP contribution in [-0.4, -0.2) is 26.2 Å². The number of ether oxygens (including phenoxy) is 2. The fourth-order valence-corrected chi connectivity index (χ4v) is 3.45. The summed E-state index contributed by atoms with van der Waals surface area (Å²) in [7, 11) is 1.60. The maximum Gasteiger partial charge on any atom is 0.416 e. The van der Waals surface area contributed by atoms with Crippen LogP contribution < -0.4 is 10.1 Å². The Morgan fingerprint density at radius 2 is 1.77 bits per heavy atom. The van der Waals surface area contributed by atoms with Gasteiger partial charge in [-0.3, -0.25) is 4.79 Å². The molecule has 0 saturated heterocycles. The molecule has 4 rings (SSSR count). The molecule has 1 heterocycles. The minimum Gasteiger partial charge on any atom is -0.491 e. The van der Waals surface area contributed by atoms with E-state index in [0.717, 1.165) is 28.5 Å². The van der Waals surface area contributed by atoms with Gasteiger partial charge in [0.05, 0.1) is 12.2 Å². The van der Waals surface area contributed by atoms with Crippen molar-refractivity contribution >= 4 is 34.0 Å². The summed E-state index contributed by atoms with van der Waals surface area (Å²) in [4.78, 5) is 12.5. The predicted molar refractivity (Wildman–Crippen MR) is 109 cm³/mol. The largest absolute Gasteiger partial charge is 0.491 e. The van der Waals surface area contributed by atoms with Crippen LogP contribution in [0.25, 0.3) is 22.4 Å². The average Bonchev–Trinajstić information content (AvgIpc) is 3.03. The summed E-state index contributed by atoms with van der Waals surface area (Å²) >= 11 is 0. The SMILES string of the molecule is COCCOc1ccc(/C=C2/C(=O)Nc3cc(C(F)(F)F)ccc32)c2ccccc12. The van der Waals surface area contributed by atoms with Crippen LogP contribution in [0.1, 0.15) is 16.7 Å². The van der Waals surface area contributed by atoms with Gasteiger partial charge in [-0.05, 0) is 35.2 Å². The second-order valence-corrected chi connectivity index (χ2v) is 6.81. The molecule has 1 aliphatic heterocycles. The van der Waals surface area contributed by atoms with Gasteiger partial charge in [-0.25, -0.2) is 0 Å². The van der Waals surface area contributed by atoms with Crippen LogP contribution in [0.5, 0.6) is 5.75 Å². The minimum atomic E-state index is -4.47. The van der Waals surface area contributed by atoms with Crippen molar-refractivity contribution in [3.63, 3.8) is 0 Å². The number of anilines is 1. The standard InChI is InChI=1S/C23H18F3NO3/c1-29-10-11-30-21-9-6-14(16-4-2-3-5-18(16)21)12-19-17-8-7-15(23(24,25)26)13-20(17)27-22(19)28/h2-9,12-13H,10-11H2,1H3,(H,27,28)/b19-12+. The van der Waals surface area contributed by atoms with Crippen LogP contribution in [0.15, 0.2) is 54.6 Å². The zero-order valence-corrected chi connectivity index (χ0v) is 16.0. The molecule has 0 aliphatic carbocycles. The topological polar surface area (TPSA) is 47.6 Å². The molecule has 1 N–H and O–H groups in total. The Kier molecular flexibility index (Phi) is 5.22. The third kappa shape index (κ3) is 3.76. The summed E-state index contributed by atoms with van der Waals surface area (Å²) in [5.41, 5.74) is 0.882. The van der Waals surface area contributed by atoms with E-state index in [1.54, 1.807) is 13.2 Å². The Hall–Kier alpha value is -3.32. The Morgan fingerprint density at radius 1 is 1.00 bits per heavy atom. The first-order valence-electron chi connectivity index (χ1n) is 9.26. The maximum atomic E-state index is 13.0. The molecule has 0 fully saturated rings. The van der Waals surface area contributed by atoms with Crippen molar-refractivity contribution in [2.45, 2.75) is 6.18 Å². The molecule has 0 spiro atoms. The Bertz CT molecular complexity index is 1150. The van der Waals surface area contributed by atoms with E-state index >= 15 is 0 Å². The van der Waals surface area contributed by atoms with Crippen LogP contribution >= 0.6 is 0 Å². The molecule has 0 atom stereocenters. The number of carbonyl (C=O) groups is 1. The number of rotatable bonds is 5. The second kappa shape index (κ2) is 7.84. The summed E-state index contributed by atoms with van der Waals surface area (Å²) in [6, 6.07) is 14.5. The van der Waals surface area contributed by atoms with Crippen LogP contribution in [0.3, 0.4) is 0 Å². The molecule has 0 saturated carbocycles. The van der Waals surface area contributed by atoms with Gasteiger partial charge in [-0.1, -0.05) is 36.4 Å². The first-order valence-corrected chi connectivity index (χ1v) is 9.26. The lowest BCUT2D eigenvalue weighted by Crippen LogP contribution is -2.06. The third-order valence-corrected chi connectivity index (χ3v) is 4.89. The summed E-state index contributed by atoms with van der Waals surface area (Å²) in [5.74, 6) is 0.254. The highest BCUT2D eigenvalue weighted by molar-refractivity contribution is 6.35. The highest BCUT2D eigenvalue weighted by Gasteiger charge is 2.33. The number of hydrogen-bond donors (Lipinski definition) is 1. The number of halogens is 3. The molecule has 3 aromatic rings. The monoisotopic (exact) mass is 413 g/mol. The van der Waals surface area contributed by atoms with Gasteiger partial charge in [0.1, 0.15) is 12.4 Å². The van der Waals surface area contributed by atoms with Gasteiger partial charge in [0, 0.05) is 29.3 Å². The van der Waals surface area contributed by atoms with E-state index in [4.69, 9.17) is 9.47 Å². The van der Waals surface area contributed by atoms with E-state index in [1.165, 1.54) is 6.07 Å². The second-order valence-electron chi connectivity index (χ2n) is 6.81. The zero-order valence-electron chi connectivity index (χ0n) is 16.0. The number of hydrogen-bond acceptors (Lipinski definition) is 3. The molecule has 0 aromatic heterocycles. The average molecular weight is 413 g/mol. The van der Waals surface area contributed by atoms with E-state index in [0.29, 0.717) is 30.1 Å². The van der Waals surface area contributed by atoms with Crippen LogP contribution in [0, 0.1) is 0 Å². The number of fused-ring (bicyclic) bond motifs is 2. The van der Waals surface area contributed by atoms with Crippen molar-refractivity contribution in [2.24, 2.45) is 0 Å². The van der Waals surface area contributed by atoms with Crippen molar-refractivity contribution < 1.29 is 27.4 Å². The first-order chi connectivity index (χ1) is 14.4. The van der Waals surface area contributed by atoms with Crippen molar-refractivity contribution in [3.05, 3.63) is 71.3 Å². The lowest BCUT2D eigenvalue weighted by Gasteiger charge is -2.11. The van der Waals surface area contributed by atoms with E-state index in [1.807, 2.05) is 36.4 Å². The van der Waals surface area contributed by atoms with Crippen LogP contribution in [0.2, 0.25) is 0 Å². The smallest absolute Gasteiger partial charge is 0.416 e. The van der Waals surface area contributed by atoms with E-state index in [-0.39, 0.29) is 5.69 Å². The molecule has 0 unspecified atom stereocenters. The van der Waals surface area contributed by atoms with Crippen molar-refractivity contribution in [1.29, 1.82) is 0 Å². The molecule has 1 aliphatic rings. The number of carbonyl (C=O) groups excluding carboxylic acids is 1. The molecule has 0 bridgehead atoms. The molecule has 4 nitrogen and oxygen atoms in total. The summed E-state index contributed by atoms with van der Waals surface area (Å²) in [5, 5.41) is 4.27. The number of alkyl halides is 3. The van der Waals surface area contributed by atoms with E-state index < -0.39 is 17.6 Å². The van der Waals surface area contributed by atoms with Crippen molar-refractivity contribution in [3.8, 4) is 5.75 Å². The summed E-state index contributed by atoms with van der Waals surface area (Å²) < 4.78 is 49.7. The third-order valence-electron chi connectivity index (χ3n) is 4.89. The molecule has 30 heavy (non-hydrogen) atoms. The molecule has 1 amide bonds. The highest BCUT2D eigenvalue weighted by atomic mass is 19.4. The van der Waals surface area contributed by atoms with Gasteiger partial charge in [0.2, 0.25) is 0 Å². The summed E-state index contributed by atoms with van der Waals surface area (Å²) in [6.45, 7) is 0.856. The van der Waals surface area contributed by atoms with Crippen LogP contribution in [-0.2, 0) is 15.7 Å². The van der Waals surface area contributed by atoms with Gasteiger partial charge in [0.15, 0.2) is 0 Å². The van der Waals surface area contributed by atoms with Crippen LogP contribution in [0.4, 0.5) is 18.9 Å². The molecular formula is C23H18F3NO3. The van der Waals surface area contributed by atoms with Gasteiger partial charge >= 0.3 is 6.18 Å². The van der Waals surface area contributed by atoms with Gasteiger partial charge in [0.25, 0.3) is 5.91 Å². The molecule has 154 valence electrons. The molecule has 3 aromatic carbocycles. The lowest BCUT2D eigenvalue weighted by atomic mass is 9.98. The van der Waals surface area contributed by atoms with Gasteiger partial charge in [-0.15, -0.1) is 0 Å². The van der Waals surface area contributed by atoms with Crippen molar-refractivity contribution in [2.75, 3.05) is 25.6 Å². The quantitative estimate of drug-likeness (QED) is 0.452. The van der Waals surface area contributed by atoms with E-state index in [9.17, 15) is 18.0 Å². The number of methoxy groups -OCH3 is 1. The number of nitrogens with one attached hydrogen (secondary N) is 1. The van der Waals surface area contributed by atoms with Crippen molar-refractivity contribution in [1.82, 2.24) is 0 Å².